The fourth-order valence-electron chi connectivity index (χ4n) is 2.61. The molecule has 1 aliphatic heterocycles. The van der Waals surface area contributed by atoms with Crippen molar-refractivity contribution in [2.75, 3.05) is 24.5 Å². The van der Waals surface area contributed by atoms with E-state index in [9.17, 15) is 0 Å². The molecule has 3 heterocycles. The minimum atomic E-state index is 0.283. The molecule has 20 heavy (non-hydrogen) atoms. The summed E-state index contributed by atoms with van der Waals surface area (Å²) in [6.45, 7) is 5.16. The van der Waals surface area contributed by atoms with Crippen LogP contribution in [0.4, 0.5) is 5.82 Å². The lowest BCUT2D eigenvalue weighted by Gasteiger charge is -2.19. The number of halogens is 1. The second kappa shape index (κ2) is 5.89. The van der Waals surface area contributed by atoms with Gasteiger partial charge in [0.15, 0.2) is 5.82 Å². The van der Waals surface area contributed by atoms with Crippen molar-refractivity contribution in [1.82, 2.24) is 20.3 Å². The smallest absolute Gasteiger partial charge is 0.225 e. The van der Waals surface area contributed by atoms with Crippen molar-refractivity contribution in [2.24, 2.45) is 0 Å². The Morgan fingerprint density at radius 3 is 3.20 bits per heavy atom. The van der Waals surface area contributed by atoms with E-state index < -0.39 is 0 Å². The minimum Gasteiger partial charge on any atom is -0.353 e. The maximum atomic E-state index is 6.03. The van der Waals surface area contributed by atoms with Gasteiger partial charge in [-0.3, -0.25) is 4.98 Å². The van der Waals surface area contributed by atoms with Crippen molar-refractivity contribution in [2.45, 2.75) is 25.8 Å². The maximum Gasteiger partial charge on any atom is 0.225 e. The van der Waals surface area contributed by atoms with Gasteiger partial charge in [-0.1, -0.05) is 6.92 Å². The Morgan fingerprint density at radius 2 is 2.35 bits per heavy atom. The van der Waals surface area contributed by atoms with Crippen LogP contribution in [0.2, 0.25) is 5.28 Å². The molecule has 0 aromatic carbocycles. The van der Waals surface area contributed by atoms with Gasteiger partial charge in [0.1, 0.15) is 5.52 Å². The summed E-state index contributed by atoms with van der Waals surface area (Å²) >= 11 is 6.03. The molecule has 1 fully saturated rings. The molecule has 0 unspecified atom stereocenters. The van der Waals surface area contributed by atoms with E-state index in [1.165, 1.54) is 0 Å². The lowest BCUT2D eigenvalue weighted by molar-refractivity contribution is 0.549. The average molecular weight is 292 g/mol. The summed E-state index contributed by atoms with van der Waals surface area (Å²) in [4.78, 5) is 15.3. The highest BCUT2D eigenvalue weighted by Gasteiger charge is 2.25. The van der Waals surface area contributed by atoms with Crippen LogP contribution in [-0.4, -0.2) is 40.6 Å². The first kappa shape index (κ1) is 13.5. The number of rotatable bonds is 4. The molecule has 0 spiro atoms. The molecule has 0 amide bonds. The van der Waals surface area contributed by atoms with Crippen molar-refractivity contribution >= 4 is 28.5 Å². The quantitative estimate of drug-likeness (QED) is 0.876. The van der Waals surface area contributed by atoms with Crippen LogP contribution < -0.4 is 10.2 Å². The Bertz CT molecular complexity index is 603. The van der Waals surface area contributed by atoms with Crippen LogP contribution in [0.5, 0.6) is 0 Å². The van der Waals surface area contributed by atoms with Crippen LogP contribution in [0.1, 0.15) is 19.8 Å². The molecular weight excluding hydrogens is 274 g/mol. The zero-order valence-corrected chi connectivity index (χ0v) is 12.3. The Kier molecular flexibility index (Phi) is 3.98. The Balaban J connectivity index is 1.87. The van der Waals surface area contributed by atoms with Gasteiger partial charge in [-0.25, -0.2) is 4.98 Å². The maximum absolute atomic E-state index is 6.03. The highest BCUT2D eigenvalue weighted by molar-refractivity contribution is 6.28. The summed E-state index contributed by atoms with van der Waals surface area (Å²) in [5, 5.41) is 3.84. The third kappa shape index (κ3) is 2.69. The van der Waals surface area contributed by atoms with Crippen molar-refractivity contribution in [1.29, 1.82) is 0 Å². The fraction of sp³-hybridized carbons (Fsp3) is 0.500. The Hall–Kier alpha value is -1.46. The van der Waals surface area contributed by atoms with Gasteiger partial charge >= 0.3 is 0 Å². The molecule has 0 saturated carbocycles. The van der Waals surface area contributed by atoms with Crippen LogP contribution in [0.25, 0.3) is 11.0 Å². The molecule has 106 valence electrons. The molecule has 2 aromatic rings. The summed E-state index contributed by atoms with van der Waals surface area (Å²) in [6.07, 6.45) is 4.04. The van der Waals surface area contributed by atoms with E-state index in [0.717, 1.165) is 49.3 Å². The zero-order valence-electron chi connectivity index (χ0n) is 11.5. The molecule has 6 heteroatoms. The highest BCUT2D eigenvalue weighted by Crippen LogP contribution is 2.26. The number of anilines is 1. The third-order valence-corrected chi connectivity index (χ3v) is 3.75. The largest absolute Gasteiger partial charge is 0.353 e. The molecule has 1 atom stereocenters. The number of pyridine rings is 1. The number of fused-ring (bicyclic) bond motifs is 1. The van der Waals surface area contributed by atoms with Gasteiger partial charge in [-0.05, 0) is 43.1 Å². The molecule has 1 saturated heterocycles. The molecule has 2 aromatic heterocycles. The van der Waals surface area contributed by atoms with E-state index >= 15 is 0 Å². The topological polar surface area (TPSA) is 53.9 Å². The van der Waals surface area contributed by atoms with E-state index in [1.54, 1.807) is 6.20 Å². The van der Waals surface area contributed by atoms with Crippen molar-refractivity contribution in [3.05, 3.63) is 23.6 Å². The zero-order chi connectivity index (χ0) is 13.9. The first-order valence-electron chi connectivity index (χ1n) is 7.04. The molecule has 1 aliphatic rings. The Morgan fingerprint density at radius 1 is 1.45 bits per heavy atom. The number of hydrogen-bond acceptors (Lipinski definition) is 5. The molecule has 5 nitrogen and oxygen atoms in total. The Labute approximate surface area is 123 Å². The van der Waals surface area contributed by atoms with Gasteiger partial charge in [0.25, 0.3) is 0 Å². The van der Waals surface area contributed by atoms with E-state index in [4.69, 9.17) is 11.6 Å². The molecule has 1 N–H and O–H groups in total. The number of nitrogens with zero attached hydrogens (tertiary/aromatic N) is 4. The van der Waals surface area contributed by atoms with Crippen molar-refractivity contribution in [3.8, 4) is 0 Å². The first-order chi connectivity index (χ1) is 9.78. The van der Waals surface area contributed by atoms with Crippen molar-refractivity contribution < 1.29 is 0 Å². The standard InChI is InChI=1S/C14H18ClN5/c1-2-6-16-10-5-8-20(9-10)13-12-11(4-3-7-17-12)18-14(15)19-13/h3-4,7,10,16H,2,5-6,8-9H2,1H3/t10-/m0/s1. The molecule has 0 aliphatic carbocycles. The van der Waals surface area contributed by atoms with Crippen molar-refractivity contribution in [3.63, 3.8) is 0 Å². The van der Waals surface area contributed by atoms with Crippen LogP contribution in [0.15, 0.2) is 18.3 Å². The lowest BCUT2D eigenvalue weighted by atomic mass is 10.2. The monoisotopic (exact) mass is 291 g/mol. The molecule has 0 radical (unpaired) electrons. The summed E-state index contributed by atoms with van der Waals surface area (Å²) in [6, 6.07) is 4.30. The van der Waals surface area contributed by atoms with Crippen LogP contribution in [0.3, 0.4) is 0 Å². The predicted octanol–water partition coefficient (Wildman–Crippen LogP) is 2.26. The predicted molar refractivity (Wildman–Crippen MR) is 81.3 cm³/mol. The summed E-state index contributed by atoms with van der Waals surface area (Å²) in [5.41, 5.74) is 1.63. The fourth-order valence-corrected chi connectivity index (χ4v) is 2.78. The molecule has 3 rings (SSSR count). The van der Waals surface area contributed by atoms with Gasteiger partial charge in [0.2, 0.25) is 5.28 Å². The number of nitrogens with one attached hydrogen (secondary N) is 1. The van der Waals surface area contributed by atoms with Gasteiger partial charge in [-0.2, -0.15) is 4.98 Å². The third-order valence-electron chi connectivity index (χ3n) is 3.58. The second-order valence-electron chi connectivity index (χ2n) is 5.07. The van der Waals surface area contributed by atoms with Crippen LogP contribution in [0, 0.1) is 0 Å². The molecule has 0 bridgehead atoms. The summed E-state index contributed by atoms with van der Waals surface area (Å²) < 4.78 is 0. The lowest BCUT2D eigenvalue weighted by Crippen LogP contribution is -2.33. The normalized spacial score (nSPS) is 18.9. The van der Waals surface area contributed by atoms with E-state index in [0.29, 0.717) is 6.04 Å². The number of aromatic nitrogens is 3. The second-order valence-corrected chi connectivity index (χ2v) is 5.41. The average Bonchev–Trinajstić information content (AvgIpc) is 2.93. The van der Waals surface area contributed by atoms with Gasteiger partial charge < -0.3 is 10.2 Å². The number of hydrogen-bond donors (Lipinski definition) is 1. The van der Waals surface area contributed by atoms with Gasteiger partial charge in [-0.15, -0.1) is 0 Å². The van der Waals surface area contributed by atoms with Gasteiger partial charge in [0.05, 0.1) is 5.52 Å². The van der Waals surface area contributed by atoms with E-state index in [1.807, 2.05) is 12.1 Å². The van der Waals surface area contributed by atoms with E-state index in [2.05, 4.69) is 32.1 Å². The highest BCUT2D eigenvalue weighted by atomic mass is 35.5. The first-order valence-corrected chi connectivity index (χ1v) is 7.42. The van der Waals surface area contributed by atoms with Crippen LogP contribution >= 0.6 is 11.6 Å². The summed E-state index contributed by atoms with van der Waals surface area (Å²) in [7, 11) is 0. The van der Waals surface area contributed by atoms with Gasteiger partial charge in [0, 0.05) is 25.3 Å². The SMILES string of the molecule is CCCN[C@H]1CCN(c2nc(Cl)nc3cccnc23)C1. The molecular formula is C14H18ClN5. The summed E-state index contributed by atoms with van der Waals surface area (Å²) in [5.74, 6) is 0.849. The van der Waals surface area contributed by atoms with Crippen LogP contribution in [-0.2, 0) is 0 Å². The van der Waals surface area contributed by atoms with E-state index in [-0.39, 0.29) is 5.28 Å². The minimum absolute atomic E-state index is 0.283.